The summed E-state index contributed by atoms with van der Waals surface area (Å²) >= 11 is 0. The highest BCUT2D eigenvalue weighted by atomic mass is 19.4. The quantitative estimate of drug-likeness (QED) is 0.256. The number of nitrogens with zero attached hydrogens (tertiary/aromatic N) is 2. The zero-order valence-electron chi connectivity index (χ0n) is 22.8. The Labute approximate surface area is 226 Å². The van der Waals surface area contributed by atoms with Crippen LogP contribution in [0.4, 0.5) is 23.7 Å². The van der Waals surface area contributed by atoms with Gasteiger partial charge in [-0.1, -0.05) is 18.2 Å². The van der Waals surface area contributed by atoms with Crippen molar-refractivity contribution in [2.24, 2.45) is 0 Å². The predicted octanol–water partition coefficient (Wildman–Crippen LogP) is 6.33. The van der Waals surface area contributed by atoms with E-state index < -0.39 is 18.1 Å². The molecule has 0 atom stereocenters. The Bertz CT molecular complexity index is 1190. The van der Waals surface area contributed by atoms with E-state index in [-0.39, 0.29) is 43.4 Å². The number of amides is 2. The molecular formula is C29H35F3N2O5. The molecule has 2 amide bonds. The lowest BCUT2D eigenvalue weighted by molar-refractivity contribution is -0.274. The Morgan fingerprint density at radius 1 is 1.00 bits per heavy atom. The summed E-state index contributed by atoms with van der Waals surface area (Å²) in [5.41, 5.74) is 1.98. The van der Waals surface area contributed by atoms with Crippen LogP contribution < -0.4 is 9.64 Å². The monoisotopic (exact) mass is 548 g/mol. The number of carbonyl (C=O) groups excluding carboxylic acids is 3. The average molecular weight is 549 g/mol. The van der Waals surface area contributed by atoms with Gasteiger partial charge in [0.15, 0.2) is 5.78 Å². The smallest absolute Gasteiger partial charge is 0.444 e. The Morgan fingerprint density at radius 2 is 1.72 bits per heavy atom. The highest BCUT2D eigenvalue weighted by Gasteiger charge is 2.32. The van der Waals surface area contributed by atoms with E-state index in [0.717, 1.165) is 11.3 Å². The van der Waals surface area contributed by atoms with Crippen LogP contribution in [0.1, 0.15) is 68.4 Å². The number of ether oxygens (including phenoxy) is 2. The van der Waals surface area contributed by atoms with Gasteiger partial charge in [0.25, 0.3) is 0 Å². The Morgan fingerprint density at radius 3 is 2.38 bits per heavy atom. The first-order chi connectivity index (χ1) is 18.2. The maximum Gasteiger partial charge on any atom is 0.573 e. The molecule has 212 valence electrons. The summed E-state index contributed by atoms with van der Waals surface area (Å²) in [4.78, 5) is 40.5. The van der Waals surface area contributed by atoms with Crippen molar-refractivity contribution in [3.05, 3.63) is 59.2 Å². The summed E-state index contributed by atoms with van der Waals surface area (Å²) in [6, 6.07) is 11.2. The number of rotatable bonds is 10. The van der Waals surface area contributed by atoms with E-state index in [1.807, 2.05) is 12.1 Å². The van der Waals surface area contributed by atoms with Crippen molar-refractivity contribution >= 4 is 23.5 Å². The van der Waals surface area contributed by atoms with E-state index in [9.17, 15) is 27.6 Å². The molecule has 2 aromatic carbocycles. The molecule has 1 aliphatic heterocycles. The fraction of sp³-hybridized carbons (Fsp3) is 0.483. The number of halogens is 3. The molecule has 0 N–H and O–H groups in total. The predicted molar refractivity (Wildman–Crippen MR) is 141 cm³/mol. The van der Waals surface area contributed by atoms with Gasteiger partial charge < -0.3 is 19.3 Å². The number of benzene rings is 2. The number of hydrogen-bond donors (Lipinski definition) is 0. The molecule has 0 saturated carbocycles. The first kappa shape index (κ1) is 30.0. The molecule has 0 fully saturated rings. The van der Waals surface area contributed by atoms with Crippen molar-refractivity contribution in [2.45, 2.75) is 71.8 Å². The van der Waals surface area contributed by atoms with E-state index in [2.05, 4.69) is 4.74 Å². The molecule has 0 unspecified atom stereocenters. The van der Waals surface area contributed by atoms with Gasteiger partial charge in [-0.3, -0.25) is 9.59 Å². The second-order valence-electron chi connectivity index (χ2n) is 10.5. The van der Waals surface area contributed by atoms with Crippen molar-refractivity contribution in [3.8, 4) is 5.75 Å². The molecule has 0 radical (unpaired) electrons. The van der Waals surface area contributed by atoms with Gasteiger partial charge in [0.1, 0.15) is 11.4 Å². The highest BCUT2D eigenvalue weighted by molar-refractivity contribution is 5.98. The number of ketones is 1. The van der Waals surface area contributed by atoms with Crippen LogP contribution in [0.2, 0.25) is 0 Å². The van der Waals surface area contributed by atoms with Crippen LogP contribution in [0.15, 0.2) is 42.5 Å². The number of Topliss-reactive ketones (excluding diaryl/α,β-unsaturated/α-hetero) is 1. The number of carbonyl (C=O) groups is 3. The van der Waals surface area contributed by atoms with Gasteiger partial charge in [0.2, 0.25) is 5.91 Å². The standard InChI is InChI=1S/C29H35F3N2O5/c1-20(35)34-18-15-22-19-23(12-13-24(22)34)25(36)10-7-8-16-33(27(37)39-28(2,3)4)17-14-21-9-5-6-11-26(21)38-29(30,31)32/h5-6,9,11-13,19H,7-8,10,14-18H2,1-4H3. The molecule has 3 rings (SSSR count). The minimum absolute atomic E-state index is 0.0267. The van der Waals surface area contributed by atoms with Gasteiger partial charge in [-0.25, -0.2) is 4.79 Å². The van der Waals surface area contributed by atoms with Crippen LogP contribution >= 0.6 is 0 Å². The summed E-state index contributed by atoms with van der Waals surface area (Å²) < 4.78 is 48.0. The molecule has 10 heteroatoms. The molecule has 0 spiro atoms. The second-order valence-corrected chi connectivity index (χ2v) is 10.5. The van der Waals surface area contributed by atoms with Crippen LogP contribution in [-0.2, 0) is 22.4 Å². The van der Waals surface area contributed by atoms with Gasteiger partial charge >= 0.3 is 12.5 Å². The van der Waals surface area contributed by atoms with Crippen molar-refractivity contribution in [1.82, 2.24) is 4.90 Å². The summed E-state index contributed by atoms with van der Waals surface area (Å²) in [6.07, 6.45) is -3.25. The van der Waals surface area contributed by atoms with Gasteiger partial charge in [-0.15, -0.1) is 13.2 Å². The zero-order valence-corrected chi connectivity index (χ0v) is 22.8. The minimum atomic E-state index is -4.82. The maximum absolute atomic E-state index is 12.8. The van der Waals surface area contributed by atoms with Gasteiger partial charge in [-0.2, -0.15) is 0 Å². The summed E-state index contributed by atoms with van der Waals surface area (Å²) in [6.45, 7) is 7.74. The highest BCUT2D eigenvalue weighted by Crippen LogP contribution is 2.30. The van der Waals surface area contributed by atoms with Crippen LogP contribution in [0.3, 0.4) is 0 Å². The Balaban J connectivity index is 1.58. The number of anilines is 1. The van der Waals surface area contributed by atoms with E-state index in [1.165, 1.54) is 30.0 Å². The third-order valence-electron chi connectivity index (χ3n) is 6.26. The number of hydrogen-bond acceptors (Lipinski definition) is 5. The lowest BCUT2D eigenvalue weighted by Gasteiger charge is -2.27. The van der Waals surface area contributed by atoms with Crippen molar-refractivity contribution in [3.63, 3.8) is 0 Å². The Kier molecular flexibility index (Phi) is 9.63. The fourth-order valence-electron chi connectivity index (χ4n) is 4.45. The lowest BCUT2D eigenvalue weighted by atomic mass is 10.0. The average Bonchev–Trinajstić information content (AvgIpc) is 3.26. The summed E-state index contributed by atoms with van der Waals surface area (Å²) in [5, 5.41) is 0. The molecule has 0 bridgehead atoms. The molecule has 0 saturated heterocycles. The third-order valence-corrected chi connectivity index (χ3v) is 6.26. The number of alkyl halides is 3. The maximum atomic E-state index is 12.8. The SMILES string of the molecule is CC(=O)N1CCc2cc(C(=O)CCCCN(CCc3ccccc3OC(F)(F)F)C(=O)OC(C)(C)C)ccc21. The number of fused-ring (bicyclic) bond motifs is 1. The molecule has 0 aliphatic carbocycles. The van der Waals surface area contributed by atoms with Crippen LogP contribution in [0, 0.1) is 0 Å². The van der Waals surface area contributed by atoms with E-state index in [1.54, 1.807) is 37.8 Å². The topological polar surface area (TPSA) is 76.2 Å². The molecule has 1 heterocycles. The minimum Gasteiger partial charge on any atom is -0.444 e. The van der Waals surface area contributed by atoms with Crippen LogP contribution in [0.25, 0.3) is 0 Å². The number of para-hydroxylation sites is 1. The lowest BCUT2D eigenvalue weighted by Crippen LogP contribution is -2.38. The first-order valence-corrected chi connectivity index (χ1v) is 13.0. The van der Waals surface area contributed by atoms with Crippen molar-refractivity contribution in [2.75, 3.05) is 24.5 Å². The molecule has 0 aromatic heterocycles. The van der Waals surface area contributed by atoms with Gasteiger partial charge in [-0.05, 0) is 81.8 Å². The number of unbranched alkanes of at least 4 members (excludes halogenated alkanes) is 1. The van der Waals surface area contributed by atoms with Crippen molar-refractivity contribution in [1.29, 1.82) is 0 Å². The molecule has 7 nitrogen and oxygen atoms in total. The van der Waals surface area contributed by atoms with E-state index in [4.69, 9.17) is 4.74 Å². The van der Waals surface area contributed by atoms with Gasteiger partial charge in [0.05, 0.1) is 0 Å². The molecule has 2 aromatic rings. The largest absolute Gasteiger partial charge is 0.573 e. The third kappa shape index (κ3) is 9.01. The molecular weight excluding hydrogens is 513 g/mol. The fourth-order valence-corrected chi connectivity index (χ4v) is 4.45. The molecule has 39 heavy (non-hydrogen) atoms. The molecule has 1 aliphatic rings. The summed E-state index contributed by atoms with van der Waals surface area (Å²) in [5.74, 6) is -0.361. The Hall–Kier alpha value is -3.56. The second kappa shape index (κ2) is 12.5. The van der Waals surface area contributed by atoms with Crippen LogP contribution in [-0.4, -0.2) is 54.3 Å². The van der Waals surface area contributed by atoms with Crippen LogP contribution in [0.5, 0.6) is 5.75 Å². The van der Waals surface area contributed by atoms with E-state index in [0.29, 0.717) is 36.9 Å². The zero-order chi connectivity index (χ0) is 28.8. The first-order valence-electron chi connectivity index (χ1n) is 13.0. The normalized spacial score (nSPS) is 13.2. The summed E-state index contributed by atoms with van der Waals surface area (Å²) in [7, 11) is 0. The van der Waals surface area contributed by atoms with Crippen molar-refractivity contribution < 1.29 is 37.0 Å². The van der Waals surface area contributed by atoms with E-state index >= 15 is 0 Å². The van der Waals surface area contributed by atoms with Gasteiger partial charge in [0, 0.05) is 44.2 Å².